The first-order chi connectivity index (χ1) is 16.1. The molecule has 7 nitrogen and oxygen atoms in total. The number of ether oxygens (including phenoxy) is 1. The summed E-state index contributed by atoms with van der Waals surface area (Å²) in [5, 5.41) is 6.17. The lowest BCUT2D eigenvalue weighted by Gasteiger charge is -2.40. The van der Waals surface area contributed by atoms with Crippen molar-refractivity contribution in [3.05, 3.63) is 47.7 Å². The lowest BCUT2D eigenvalue weighted by atomic mass is 9.96. The lowest BCUT2D eigenvalue weighted by Crippen LogP contribution is -2.57. The van der Waals surface area contributed by atoms with Crippen LogP contribution in [-0.2, 0) is 9.53 Å². The lowest BCUT2D eigenvalue weighted by molar-refractivity contribution is -0.182. The minimum Gasteiger partial charge on any atom is -0.373 e. The molecule has 4 N–H and O–H groups in total. The predicted octanol–water partition coefficient (Wildman–Crippen LogP) is 2.91. The van der Waals surface area contributed by atoms with Crippen LogP contribution in [0.1, 0.15) is 31.4 Å². The quantitative estimate of drug-likeness (QED) is 0.532. The van der Waals surface area contributed by atoms with Crippen molar-refractivity contribution >= 4 is 17.2 Å². The van der Waals surface area contributed by atoms with Crippen LogP contribution in [0, 0.1) is 12.8 Å². The van der Waals surface area contributed by atoms with Gasteiger partial charge in [0.05, 0.1) is 24.3 Å². The van der Waals surface area contributed by atoms with Crippen LogP contribution >= 0.6 is 0 Å². The number of hydrogen-bond donors (Lipinski definition) is 4. The number of aryl methyl sites for hydroxylation is 1. The van der Waals surface area contributed by atoms with E-state index in [4.69, 9.17) is 4.74 Å². The number of rotatable bonds is 4. The number of nitrogens with one attached hydrogen (secondary N) is 4. The van der Waals surface area contributed by atoms with Gasteiger partial charge in [0.2, 0.25) is 5.91 Å². The molecule has 4 unspecified atom stereocenters. The van der Waals surface area contributed by atoms with Crippen molar-refractivity contribution in [1.82, 2.24) is 21.1 Å². The van der Waals surface area contributed by atoms with Gasteiger partial charge in [-0.15, -0.1) is 0 Å². The molecule has 1 aromatic carbocycles. The number of dihydropyridines is 1. The van der Waals surface area contributed by atoms with Gasteiger partial charge in [-0.25, -0.2) is 5.43 Å². The Hall–Kier alpha value is -2.40. The molecule has 1 aromatic rings. The molecule has 3 aliphatic rings. The Morgan fingerprint density at radius 2 is 1.94 bits per heavy atom. The van der Waals surface area contributed by atoms with Crippen molar-refractivity contribution < 1.29 is 22.7 Å². The molecule has 0 aliphatic carbocycles. The summed E-state index contributed by atoms with van der Waals surface area (Å²) in [5.74, 6) is -2.06. The maximum Gasteiger partial charge on any atom is 0.393 e. The van der Waals surface area contributed by atoms with Crippen LogP contribution < -0.4 is 21.5 Å². The number of morpholine rings is 1. The van der Waals surface area contributed by atoms with Gasteiger partial charge in [-0.1, -0.05) is 6.07 Å². The van der Waals surface area contributed by atoms with Gasteiger partial charge < -0.3 is 15.4 Å². The third-order valence-electron chi connectivity index (χ3n) is 6.45. The summed E-state index contributed by atoms with van der Waals surface area (Å²) < 4.78 is 45.1. The van der Waals surface area contributed by atoms with Gasteiger partial charge in [0.1, 0.15) is 6.04 Å². The van der Waals surface area contributed by atoms with E-state index in [1.165, 1.54) is 0 Å². The molecule has 5 atom stereocenters. The zero-order valence-corrected chi connectivity index (χ0v) is 19.6. The number of nitrogens with zero attached hydrogens (tertiary/aromatic N) is 1. The van der Waals surface area contributed by atoms with E-state index in [1.807, 2.05) is 31.3 Å². The second-order valence-electron chi connectivity index (χ2n) is 9.35. The van der Waals surface area contributed by atoms with Gasteiger partial charge in [0, 0.05) is 25.3 Å². The Morgan fingerprint density at radius 3 is 2.65 bits per heavy atom. The second-order valence-corrected chi connectivity index (χ2v) is 9.35. The fourth-order valence-electron chi connectivity index (χ4n) is 4.74. The first-order valence-corrected chi connectivity index (χ1v) is 11.6. The average Bonchev–Trinajstić information content (AvgIpc) is 2.79. The number of allylic oxidation sites excluding steroid dienone is 2. The topological polar surface area (TPSA) is 77.7 Å². The molecule has 186 valence electrons. The molecule has 1 amide bonds. The SMILES string of the molecule is Cc1ccc(NC(=O)C2CC(C(F)(F)F)CNN2)cc1C1=CC(N2CC(C)O[C@H](C)C2)NC=C1. The number of alkyl halides is 3. The number of hydrogen-bond acceptors (Lipinski definition) is 6. The van der Waals surface area contributed by atoms with Crippen molar-refractivity contribution in [2.24, 2.45) is 5.92 Å². The van der Waals surface area contributed by atoms with E-state index in [2.05, 4.69) is 46.3 Å². The first-order valence-electron chi connectivity index (χ1n) is 11.6. The number of amides is 1. The van der Waals surface area contributed by atoms with Gasteiger partial charge >= 0.3 is 6.18 Å². The Morgan fingerprint density at radius 1 is 1.21 bits per heavy atom. The van der Waals surface area contributed by atoms with Crippen LogP contribution in [-0.4, -0.2) is 61.0 Å². The predicted molar refractivity (Wildman–Crippen MR) is 125 cm³/mol. The number of carbonyl (C=O) groups is 1. The van der Waals surface area contributed by atoms with E-state index in [1.54, 1.807) is 6.07 Å². The minimum atomic E-state index is -4.34. The number of anilines is 1. The number of halogens is 3. The monoisotopic (exact) mass is 479 g/mol. The van der Waals surface area contributed by atoms with E-state index < -0.39 is 24.0 Å². The fraction of sp³-hybridized carbons (Fsp3) is 0.542. The van der Waals surface area contributed by atoms with Crippen LogP contribution in [0.2, 0.25) is 0 Å². The maximum absolute atomic E-state index is 13.1. The molecule has 2 saturated heterocycles. The Labute approximate surface area is 197 Å². The third-order valence-corrected chi connectivity index (χ3v) is 6.45. The Balaban J connectivity index is 1.48. The van der Waals surface area contributed by atoms with Crippen LogP contribution in [0.4, 0.5) is 18.9 Å². The largest absolute Gasteiger partial charge is 0.393 e. The highest BCUT2D eigenvalue weighted by atomic mass is 19.4. The van der Waals surface area contributed by atoms with Crippen LogP contribution in [0.25, 0.3) is 5.57 Å². The highest BCUT2D eigenvalue weighted by Crippen LogP contribution is 2.31. The van der Waals surface area contributed by atoms with E-state index in [0.717, 1.165) is 29.8 Å². The van der Waals surface area contributed by atoms with Crippen molar-refractivity contribution in [3.8, 4) is 0 Å². The molecule has 0 spiro atoms. The highest BCUT2D eigenvalue weighted by Gasteiger charge is 2.43. The molecule has 2 fully saturated rings. The van der Waals surface area contributed by atoms with Crippen LogP contribution in [0.3, 0.4) is 0 Å². The minimum absolute atomic E-state index is 0.0169. The van der Waals surface area contributed by atoms with Crippen molar-refractivity contribution in [2.75, 3.05) is 25.0 Å². The van der Waals surface area contributed by atoms with Gasteiger partial charge in [0.25, 0.3) is 0 Å². The smallest absolute Gasteiger partial charge is 0.373 e. The first kappa shape index (κ1) is 24.7. The van der Waals surface area contributed by atoms with Gasteiger partial charge in [-0.3, -0.25) is 15.1 Å². The van der Waals surface area contributed by atoms with E-state index in [-0.39, 0.29) is 31.3 Å². The number of benzene rings is 1. The molecule has 0 aromatic heterocycles. The summed E-state index contributed by atoms with van der Waals surface area (Å²) in [5.41, 5.74) is 8.72. The summed E-state index contributed by atoms with van der Waals surface area (Å²) in [7, 11) is 0. The summed E-state index contributed by atoms with van der Waals surface area (Å²) in [6.45, 7) is 7.50. The highest BCUT2D eigenvalue weighted by molar-refractivity contribution is 5.95. The summed E-state index contributed by atoms with van der Waals surface area (Å²) in [6, 6.07) is 4.56. The molecular weight excluding hydrogens is 447 g/mol. The van der Waals surface area contributed by atoms with E-state index in [0.29, 0.717) is 5.69 Å². The molecule has 0 radical (unpaired) electrons. The number of carbonyl (C=O) groups excluding carboxylic acids is 1. The summed E-state index contributed by atoms with van der Waals surface area (Å²) >= 11 is 0. The molecular formula is C24H32F3N5O2. The van der Waals surface area contributed by atoms with E-state index >= 15 is 0 Å². The van der Waals surface area contributed by atoms with Gasteiger partial charge in [-0.2, -0.15) is 13.2 Å². The Bertz CT molecular complexity index is 954. The number of hydrazine groups is 1. The molecule has 10 heteroatoms. The molecule has 0 saturated carbocycles. The van der Waals surface area contributed by atoms with Crippen LogP contribution in [0.15, 0.2) is 36.6 Å². The standard InChI is InChI=1S/C24H32F3N5O2/c1-14-4-5-19(30-23(33)21-9-18(11-29-31-21)24(25,26)27)10-20(14)17-6-7-28-22(8-17)32-12-15(2)34-16(3)13-32/h4-8,10,15-16,18,21-22,28-29,31H,9,11-13H2,1-3H3,(H,30,33)/t15-,16?,18?,21?,22?/m1/s1. The molecule has 0 bridgehead atoms. The normalized spacial score (nSPS) is 30.4. The Kier molecular flexibility index (Phi) is 7.32. The zero-order valence-electron chi connectivity index (χ0n) is 19.6. The molecule has 3 heterocycles. The second kappa shape index (κ2) is 10.1. The molecule has 34 heavy (non-hydrogen) atoms. The van der Waals surface area contributed by atoms with Gasteiger partial charge in [0.15, 0.2) is 0 Å². The van der Waals surface area contributed by atoms with E-state index in [9.17, 15) is 18.0 Å². The van der Waals surface area contributed by atoms with Crippen molar-refractivity contribution in [2.45, 2.75) is 57.8 Å². The van der Waals surface area contributed by atoms with Gasteiger partial charge in [-0.05, 0) is 74.4 Å². The zero-order chi connectivity index (χ0) is 24.5. The third kappa shape index (κ3) is 5.80. The summed E-state index contributed by atoms with van der Waals surface area (Å²) in [4.78, 5) is 15.0. The van der Waals surface area contributed by atoms with Crippen LogP contribution in [0.5, 0.6) is 0 Å². The average molecular weight is 480 g/mol. The maximum atomic E-state index is 13.1. The summed E-state index contributed by atoms with van der Waals surface area (Å²) in [6.07, 6.45) is 1.72. The fourth-order valence-corrected chi connectivity index (χ4v) is 4.74. The molecule has 4 rings (SSSR count). The van der Waals surface area contributed by atoms with Crippen molar-refractivity contribution in [3.63, 3.8) is 0 Å². The van der Waals surface area contributed by atoms with Crippen molar-refractivity contribution in [1.29, 1.82) is 0 Å². The molecule has 3 aliphatic heterocycles.